The molecule has 18 heavy (non-hydrogen) atoms. The summed E-state index contributed by atoms with van der Waals surface area (Å²) in [7, 11) is 1.98. The first kappa shape index (κ1) is 12.8. The van der Waals surface area contributed by atoms with Gasteiger partial charge in [-0.25, -0.2) is 0 Å². The topological polar surface area (TPSA) is 29.9 Å². The number of rotatable bonds is 4. The van der Waals surface area contributed by atoms with E-state index in [1.807, 2.05) is 11.7 Å². The number of aromatic nitrogens is 2. The van der Waals surface area contributed by atoms with Crippen LogP contribution in [0.1, 0.15) is 23.6 Å². The van der Waals surface area contributed by atoms with Gasteiger partial charge < -0.3 is 5.32 Å². The maximum absolute atomic E-state index is 4.61. The van der Waals surface area contributed by atoms with Crippen molar-refractivity contribution in [3.8, 4) is 11.3 Å². The van der Waals surface area contributed by atoms with Gasteiger partial charge in [0.25, 0.3) is 0 Å². The van der Waals surface area contributed by atoms with Crippen molar-refractivity contribution in [2.75, 3.05) is 6.54 Å². The van der Waals surface area contributed by atoms with Crippen LogP contribution in [0, 0.1) is 13.8 Å². The molecule has 1 aromatic carbocycles. The number of hydrogen-bond donors (Lipinski definition) is 1. The predicted molar refractivity (Wildman–Crippen MR) is 75.5 cm³/mol. The monoisotopic (exact) mass is 243 g/mol. The highest BCUT2D eigenvalue weighted by Gasteiger charge is 2.12. The second-order valence-corrected chi connectivity index (χ2v) is 4.70. The third-order valence-electron chi connectivity index (χ3n) is 3.33. The maximum atomic E-state index is 4.61. The standard InChI is InChI=1S/C15H21N3/c1-5-16-9-13-10-18(4)17-15(13)14-8-6-7-11(2)12(14)3/h6-8,10,16H,5,9H2,1-4H3. The molecule has 0 saturated carbocycles. The van der Waals surface area contributed by atoms with Crippen LogP contribution < -0.4 is 5.32 Å². The molecule has 0 bridgehead atoms. The molecule has 0 radical (unpaired) electrons. The van der Waals surface area contributed by atoms with Crippen molar-refractivity contribution in [2.24, 2.45) is 7.05 Å². The van der Waals surface area contributed by atoms with Crippen molar-refractivity contribution in [1.29, 1.82) is 0 Å². The molecule has 3 heteroatoms. The number of hydrogen-bond acceptors (Lipinski definition) is 2. The van der Waals surface area contributed by atoms with E-state index < -0.39 is 0 Å². The average molecular weight is 243 g/mol. The molecule has 1 aromatic heterocycles. The predicted octanol–water partition coefficient (Wildman–Crippen LogP) is 2.81. The number of benzene rings is 1. The fourth-order valence-corrected chi connectivity index (χ4v) is 2.16. The molecular formula is C15H21N3. The Bertz CT molecular complexity index is 541. The smallest absolute Gasteiger partial charge is 0.0970 e. The molecule has 0 atom stereocenters. The summed E-state index contributed by atoms with van der Waals surface area (Å²) in [6.45, 7) is 8.27. The van der Waals surface area contributed by atoms with Crippen LogP contribution in [0.15, 0.2) is 24.4 Å². The molecule has 0 unspecified atom stereocenters. The Labute approximate surface area is 109 Å². The highest BCUT2D eigenvalue weighted by Crippen LogP contribution is 2.27. The summed E-state index contributed by atoms with van der Waals surface area (Å²) in [6.07, 6.45) is 2.10. The van der Waals surface area contributed by atoms with Gasteiger partial charge in [-0.2, -0.15) is 5.10 Å². The zero-order chi connectivity index (χ0) is 13.1. The molecule has 1 heterocycles. The van der Waals surface area contributed by atoms with Gasteiger partial charge in [0.05, 0.1) is 5.69 Å². The van der Waals surface area contributed by atoms with Crippen molar-refractivity contribution in [3.63, 3.8) is 0 Å². The lowest BCUT2D eigenvalue weighted by Crippen LogP contribution is -2.11. The van der Waals surface area contributed by atoms with Gasteiger partial charge in [0, 0.05) is 30.9 Å². The first-order chi connectivity index (χ1) is 8.63. The Morgan fingerprint density at radius 1 is 1.28 bits per heavy atom. The number of nitrogens with zero attached hydrogens (tertiary/aromatic N) is 2. The minimum absolute atomic E-state index is 0.868. The average Bonchev–Trinajstić information content (AvgIpc) is 2.71. The van der Waals surface area contributed by atoms with Crippen LogP contribution in [0.3, 0.4) is 0 Å². The van der Waals surface area contributed by atoms with E-state index in [0.29, 0.717) is 0 Å². The minimum atomic E-state index is 0.868. The van der Waals surface area contributed by atoms with E-state index in [1.54, 1.807) is 0 Å². The van der Waals surface area contributed by atoms with Gasteiger partial charge >= 0.3 is 0 Å². The third-order valence-corrected chi connectivity index (χ3v) is 3.33. The van der Waals surface area contributed by atoms with Crippen LogP contribution in [-0.2, 0) is 13.6 Å². The summed E-state index contributed by atoms with van der Waals surface area (Å²) in [5, 5.41) is 7.98. The maximum Gasteiger partial charge on any atom is 0.0970 e. The van der Waals surface area contributed by atoms with E-state index in [-0.39, 0.29) is 0 Å². The molecule has 2 aromatic rings. The quantitative estimate of drug-likeness (QED) is 0.895. The second-order valence-electron chi connectivity index (χ2n) is 4.70. The summed E-state index contributed by atoms with van der Waals surface area (Å²) < 4.78 is 1.89. The van der Waals surface area contributed by atoms with Gasteiger partial charge in [-0.1, -0.05) is 25.1 Å². The van der Waals surface area contributed by atoms with Crippen LogP contribution in [0.5, 0.6) is 0 Å². The molecule has 0 saturated heterocycles. The van der Waals surface area contributed by atoms with E-state index in [0.717, 1.165) is 18.8 Å². The molecule has 2 rings (SSSR count). The fourth-order valence-electron chi connectivity index (χ4n) is 2.16. The Kier molecular flexibility index (Phi) is 3.82. The van der Waals surface area contributed by atoms with Crippen molar-refractivity contribution in [1.82, 2.24) is 15.1 Å². The van der Waals surface area contributed by atoms with Gasteiger partial charge in [0.1, 0.15) is 0 Å². The zero-order valence-corrected chi connectivity index (χ0v) is 11.6. The molecule has 0 spiro atoms. The lowest BCUT2D eigenvalue weighted by atomic mass is 9.99. The van der Waals surface area contributed by atoms with E-state index in [1.165, 1.54) is 22.3 Å². The van der Waals surface area contributed by atoms with Crippen LogP contribution in [-0.4, -0.2) is 16.3 Å². The molecule has 96 valence electrons. The van der Waals surface area contributed by atoms with Crippen LogP contribution >= 0.6 is 0 Å². The zero-order valence-electron chi connectivity index (χ0n) is 11.6. The van der Waals surface area contributed by atoms with E-state index in [4.69, 9.17) is 0 Å². The lowest BCUT2D eigenvalue weighted by Gasteiger charge is -2.08. The molecule has 0 amide bonds. The summed E-state index contributed by atoms with van der Waals surface area (Å²) >= 11 is 0. The fraction of sp³-hybridized carbons (Fsp3) is 0.400. The normalized spacial score (nSPS) is 10.9. The van der Waals surface area contributed by atoms with Gasteiger partial charge in [-0.05, 0) is 31.5 Å². The second kappa shape index (κ2) is 5.36. The first-order valence-electron chi connectivity index (χ1n) is 6.43. The Morgan fingerprint density at radius 2 is 2.06 bits per heavy atom. The Morgan fingerprint density at radius 3 is 2.78 bits per heavy atom. The highest BCUT2D eigenvalue weighted by atomic mass is 15.3. The van der Waals surface area contributed by atoms with Gasteiger partial charge in [0.2, 0.25) is 0 Å². The molecular weight excluding hydrogens is 222 g/mol. The summed E-state index contributed by atoms with van der Waals surface area (Å²) in [4.78, 5) is 0. The van der Waals surface area contributed by atoms with Crippen molar-refractivity contribution < 1.29 is 0 Å². The SMILES string of the molecule is CCNCc1cn(C)nc1-c1cccc(C)c1C. The molecule has 0 aliphatic carbocycles. The van der Waals surface area contributed by atoms with Crippen LogP contribution in [0.25, 0.3) is 11.3 Å². The Hall–Kier alpha value is -1.61. The molecule has 1 N–H and O–H groups in total. The Balaban J connectivity index is 2.46. The third kappa shape index (κ3) is 2.46. The highest BCUT2D eigenvalue weighted by molar-refractivity contribution is 5.67. The molecule has 0 aliphatic rings. The van der Waals surface area contributed by atoms with Gasteiger partial charge in [0.15, 0.2) is 0 Å². The largest absolute Gasteiger partial charge is 0.313 e. The van der Waals surface area contributed by atoms with E-state index in [2.05, 4.69) is 55.6 Å². The van der Waals surface area contributed by atoms with Crippen molar-refractivity contribution in [3.05, 3.63) is 41.1 Å². The summed E-state index contributed by atoms with van der Waals surface area (Å²) in [6, 6.07) is 6.40. The van der Waals surface area contributed by atoms with Gasteiger partial charge in [-0.3, -0.25) is 4.68 Å². The van der Waals surface area contributed by atoms with Crippen LogP contribution in [0.4, 0.5) is 0 Å². The van der Waals surface area contributed by atoms with Crippen molar-refractivity contribution >= 4 is 0 Å². The number of nitrogens with one attached hydrogen (secondary N) is 1. The van der Waals surface area contributed by atoms with Gasteiger partial charge in [-0.15, -0.1) is 0 Å². The summed E-state index contributed by atoms with van der Waals surface area (Å²) in [5.74, 6) is 0. The molecule has 0 fully saturated rings. The number of aryl methyl sites for hydroxylation is 2. The minimum Gasteiger partial charge on any atom is -0.313 e. The van der Waals surface area contributed by atoms with E-state index in [9.17, 15) is 0 Å². The molecule has 0 aliphatic heterocycles. The van der Waals surface area contributed by atoms with Crippen LogP contribution in [0.2, 0.25) is 0 Å². The lowest BCUT2D eigenvalue weighted by molar-refractivity contribution is 0.724. The van der Waals surface area contributed by atoms with Crippen molar-refractivity contribution in [2.45, 2.75) is 27.3 Å². The summed E-state index contributed by atoms with van der Waals surface area (Å²) in [5.41, 5.74) is 6.22. The first-order valence-corrected chi connectivity index (χ1v) is 6.43. The molecule has 3 nitrogen and oxygen atoms in total. The van der Waals surface area contributed by atoms with E-state index >= 15 is 0 Å².